The van der Waals surface area contributed by atoms with Gasteiger partial charge in [-0.3, -0.25) is 4.79 Å². The maximum atomic E-state index is 12.9. The third-order valence-corrected chi connectivity index (χ3v) is 5.74. The molecule has 0 radical (unpaired) electrons. The lowest BCUT2D eigenvalue weighted by Crippen LogP contribution is -2.51. The molecule has 9 heteroatoms. The van der Waals surface area contributed by atoms with Crippen molar-refractivity contribution in [1.29, 1.82) is 0 Å². The van der Waals surface area contributed by atoms with Gasteiger partial charge in [0.25, 0.3) is 0 Å². The Kier molecular flexibility index (Phi) is 5.86. The molecule has 0 saturated carbocycles. The lowest BCUT2D eigenvalue weighted by Gasteiger charge is -2.40. The molecule has 148 valence electrons. The number of benzene rings is 1. The van der Waals surface area contributed by atoms with Gasteiger partial charge in [-0.1, -0.05) is 23.2 Å². The maximum Gasteiger partial charge on any atom is 0.508 e. The molecular formula is C18H21Cl2NO6. The monoisotopic (exact) mass is 417 g/mol. The van der Waals surface area contributed by atoms with Crippen molar-refractivity contribution < 1.29 is 28.6 Å². The molecule has 7 nitrogen and oxygen atoms in total. The number of rotatable bonds is 3. The van der Waals surface area contributed by atoms with Crippen LogP contribution in [0.3, 0.4) is 0 Å². The zero-order valence-electron chi connectivity index (χ0n) is 15.3. The molecule has 27 heavy (non-hydrogen) atoms. The second-order valence-corrected chi connectivity index (χ2v) is 7.53. The first-order valence-corrected chi connectivity index (χ1v) is 9.29. The van der Waals surface area contributed by atoms with Crippen LogP contribution in [0.4, 0.5) is 4.79 Å². The second kappa shape index (κ2) is 7.83. The molecule has 0 aromatic heterocycles. The van der Waals surface area contributed by atoms with Crippen LogP contribution in [0.15, 0.2) is 12.1 Å². The normalized spacial score (nSPS) is 24.7. The van der Waals surface area contributed by atoms with Gasteiger partial charge in [-0.2, -0.15) is 5.06 Å². The van der Waals surface area contributed by atoms with E-state index in [1.54, 1.807) is 31.2 Å². The Balaban J connectivity index is 2.02. The number of aryl methyl sites for hydroxylation is 1. The van der Waals surface area contributed by atoms with Gasteiger partial charge >= 0.3 is 12.1 Å². The summed E-state index contributed by atoms with van der Waals surface area (Å²) in [4.78, 5) is 30.0. The Morgan fingerprint density at radius 2 is 1.93 bits per heavy atom. The number of piperidine rings is 1. The molecule has 1 aromatic carbocycles. The number of hydrogen-bond acceptors (Lipinski definition) is 7. The van der Waals surface area contributed by atoms with Crippen molar-refractivity contribution in [1.82, 2.24) is 5.06 Å². The summed E-state index contributed by atoms with van der Waals surface area (Å²) >= 11 is 12.5. The molecule has 2 atom stereocenters. The van der Waals surface area contributed by atoms with E-state index in [9.17, 15) is 9.59 Å². The van der Waals surface area contributed by atoms with Crippen LogP contribution in [0, 0.1) is 6.92 Å². The molecule has 3 rings (SSSR count). The van der Waals surface area contributed by atoms with Crippen molar-refractivity contribution >= 4 is 35.3 Å². The van der Waals surface area contributed by atoms with Crippen molar-refractivity contribution in [3.8, 4) is 0 Å². The average Bonchev–Trinajstić information content (AvgIpc) is 2.87. The van der Waals surface area contributed by atoms with E-state index in [0.29, 0.717) is 41.5 Å². The molecule has 2 aliphatic heterocycles. The standard InChI is InChI=1S/C18H21Cl2NO6/c1-10-8-11(19)9-12(20)13(10)14-15(26-17(23)24-2)18(27-16(14)22)4-6-21(25-3)7-5-18/h8-9,14-15H,4-7H2,1-3H3. The lowest BCUT2D eigenvalue weighted by molar-refractivity contribution is -0.193. The molecular weight excluding hydrogens is 397 g/mol. The van der Waals surface area contributed by atoms with Crippen LogP contribution in [-0.4, -0.2) is 56.2 Å². The number of carbonyl (C=O) groups excluding carboxylic acids is 2. The molecule has 2 unspecified atom stereocenters. The van der Waals surface area contributed by atoms with Crippen LogP contribution in [-0.2, 0) is 23.8 Å². The van der Waals surface area contributed by atoms with Crippen molar-refractivity contribution in [2.75, 3.05) is 27.3 Å². The van der Waals surface area contributed by atoms with Gasteiger partial charge in [0.2, 0.25) is 0 Å². The first kappa shape index (κ1) is 20.2. The number of hydroxylamine groups is 2. The minimum atomic E-state index is -0.958. The summed E-state index contributed by atoms with van der Waals surface area (Å²) in [6.07, 6.45) is -0.835. The van der Waals surface area contributed by atoms with Crippen molar-refractivity contribution in [2.24, 2.45) is 0 Å². The molecule has 2 aliphatic rings. The number of esters is 1. The molecule has 0 bridgehead atoms. The minimum absolute atomic E-state index is 0.326. The number of methoxy groups -OCH3 is 1. The van der Waals surface area contributed by atoms with Crippen LogP contribution in [0.5, 0.6) is 0 Å². The van der Waals surface area contributed by atoms with Gasteiger partial charge in [-0.15, -0.1) is 0 Å². The van der Waals surface area contributed by atoms with Gasteiger partial charge in [-0.05, 0) is 30.2 Å². The minimum Gasteiger partial charge on any atom is -0.454 e. The van der Waals surface area contributed by atoms with E-state index >= 15 is 0 Å². The Bertz CT molecular complexity index is 724. The van der Waals surface area contributed by atoms with Crippen LogP contribution in [0.2, 0.25) is 10.0 Å². The van der Waals surface area contributed by atoms with Crippen LogP contribution in [0.25, 0.3) is 0 Å². The largest absolute Gasteiger partial charge is 0.508 e. The number of carbonyl (C=O) groups is 2. The smallest absolute Gasteiger partial charge is 0.454 e. The Labute approximate surface area is 167 Å². The summed E-state index contributed by atoms with van der Waals surface area (Å²) in [5.74, 6) is -1.34. The van der Waals surface area contributed by atoms with Gasteiger partial charge in [0.05, 0.1) is 14.2 Å². The van der Waals surface area contributed by atoms with Gasteiger partial charge in [0.1, 0.15) is 5.92 Å². The van der Waals surface area contributed by atoms with Crippen LogP contribution >= 0.6 is 23.2 Å². The highest BCUT2D eigenvalue weighted by Gasteiger charge is 2.60. The highest BCUT2D eigenvalue weighted by atomic mass is 35.5. The Morgan fingerprint density at radius 3 is 2.48 bits per heavy atom. The fourth-order valence-electron chi connectivity index (χ4n) is 3.89. The summed E-state index contributed by atoms with van der Waals surface area (Å²) < 4.78 is 16.0. The summed E-state index contributed by atoms with van der Waals surface area (Å²) in [6.45, 7) is 2.86. The van der Waals surface area contributed by atoms with Crippen LogP contribution in [0.1, 0.15) is 29.9 Å². The number of ether oxygens (including phenoxy) is 3. The van der Waals surface area contributed by atoms with Gasteiger partial charge in [0.15, 0.2) is 11.7 Å². The third kappa shape index (κ3) is 3.74. The zero-order valence-corrected chi connectivity index (χ0v) is 16.8. The third-order valence-electron chi connectivity index (χ3n) is 5.21. The first-order valence-electron chi connectivity index (χ1n) is 8.53. The van der Waals surface area contributed by atoms with Gasteiger partial charge < -0.3 is 19.0 Å². The Hall–Kier alpha value is -1.54. The van der Waals surface area contributed by atoms with E-state index in [-0.39, 0.29) is 0 Å². The molecule has 2 heterocycles. The molecule has 2 saturated heterocycles. The van der Waals surface area contributed by atoms with Gasteiger partial charge in [-0.25, -0.2) is 4.79 Å². The SMILES string of the molecule is COC(=O)OC1C(c2c(C)cc(Cl)cc2Cl)C(=O)OC12CCN(OC)CC2. The summed E-state index contributed by atoms with van der Waals surface area (Å²) in [5.41, 5.74) is 0.311. The fraction of sp³-hybridized carbons (Fsp3) is 0.556. The summed E-state index contributed by atoms with van der Waals surface area (Å²) in [7, 11) is 2.80. The maximum absolute atomic E-state index is 12.9. The van der Waals surface area contributed by atoms with E-state index in [1.165, 1.54) is 7.11 Å². The second-order valence-electron chi connectivity index (χ2n) is 6.69. The fourth-order valence-corrected chi connectivity index (χ4v) is 4.60. The van der Waals surface area contributed by atoms with E-state index in [4.69, 9.17) is 37.5 Å². The summed E-state index contributed by atoms with van der Waals surface area (Å²) in [5, 5.41) is 2.55. The molecule has 2 fully saturated rings. The lowest BCUT2D eigenvalue weighted by atomic mass is 9.79. The molecule has 1 aromatic rings. The van der Waals surface area contributed by atoms with Crippen LogP contribution < -0.4 is 0 Å². The first-order chi connectivity index (χ1) is 12.8. The van der Waals surface area contributed by atoms with Crippen molar-refractivity contribution in [3.05, 3.63) is 33.3 Å². The highest BCUT2D eigenvalue weighted by Crippen LogP contribution is 2.48. The van der Waals surface area contributed by atoms with Gasteiger partial charge in [0, 0.05) is 36.0 Å². The highest BCUT2D eigenvalue weighted by molar-refractivity contribution is 6.35. The summed E-state index contributed by atoms with van der Waals surface area (Å²) in [6, 6.07) is 3.27. The zero-order chi connectivity index (χ0) is 19.8. The number of halogens is 2. The Morgan fingerprint density at radius 1 is 1.26 bits per heavy atom. The van der Waals surface area contributed by atoms with Crippen molar-refractivity contribution in [2.45, 2.75) is 37.4 Å². The molecule has 0 amide bonds. The average molecular weight is 418 g/mol. The van der Waals surface area contributed by atoms with E-state index in [2.05, 4.69) is 4.74 Å². The predicted molar refractivity (Wildman–Crippen MR) is 97.9 cm³/mol. The van der Waals surface area contributed by atoms with Crippen molar-refractivity contribution in [3.63, 3.8) is 0 Å². The number of nitrogens with zero attached hydrogens (tertiary/aromatic N) is 1. The predicted octanol–water partition coefficient (Wildman–Crippen LogP) is 3.49. The quantitative estimate of drug-likeness (QED) is 0.696. The van der Waals surface area contributed by atoms with E-state index < -0.39 is 29.7 Å². The topological polar surface area (TPSA) is 74.3 Å². The number of hydrogen-bond donors (Lipinski definition) is 0. The molecule has 0 N–H and O–H groups in total. The molecule has 1 spiro atoms. The van der Waals surface area contributed by atoms with E-state index in [0.717, 1.165) is 5.56 Å². The van der Waals surface area contributed by atoms with E-state index in [1.807, 2.05) is 0 Å². The molecule has 0 aliphatic carbocycles.